The maximum Gasteiger partial charge on any atom is 0.267 e. The van der Waals surface area contributed by atoms with Crippen molar-refractivity contribution < 1.29 is 4.79 Å². The summed E-state index contributed by atoms with van der Waals surface area (Å²) in [6.45, 7) is 3.73. The third-order valence-corrected chi connectivity index (χ3v) is 6.65. The second kappa shape index (κ2) is 10.1. The van der Waals surface area contributed by atoms with Crippen molar-refractivity contribution in [3.63, 3.8) is 0 Å². The molecule has 2 aromatic carbocycles. The Hall–Kier alpha value is -5.76. The first-order chi connectivity index (χ1) is 19.8. The maximum absolute atomic E-state index is 14.2. The topological polar surface area (TPSA) is 138 Å². The SMILES string of the molecule is Cc1ccc(-n2c(C(C)NC(=O)c3c(N)nn4cccnc34)nc3cccc(C#Cc4cnn(C)c4)c3c2=O)cc1. The molecule has 1 atom stereocenters. The fourth-order valence-electron chi connectivity index (χ4n) is 4.67. The highest BCUT2D eigenvalue weighted by Gasteiger charge is 2.24. The number of rotatable bonds is 4. The zero-order chi connectivity index (χ0) is 28.7. The molecule has 0 bridgehead atoms. The van der Waals surface area contributed by atoms with Gasteiger partial charge in [-0.25, -0.2) is 14.5 Å². The Labute approximate surface area is 234 Å². The van der Waals surface area contributed by atoms with Crippen molar-refractivity contribution in [3.8, 4) is 17.5 Å². The largest absolute Gasteiger partial charge is 0.381 e. The first-order valence-corrected chi connectivity index (χ1v) is 12.8. The molecule has 11 heteroatoms. The van der Waals surface area contributed by atoms with Gasteiger partial charge in [0, 0.05) is 31.2 Å². The van der Waals surface area contributed by atoms with Crippen molar-refractivity contribution >= 4 is 28.3 Å². The predicted molar refractivity (Wildman–Crippen MR) is 155 cm³/mol. The van der Waals surface area contributed by atoms with Gasteiger partial charge in [-0.2, -0.15) is 5.10 Å². The first-order valence-electron chi connectivity index (χ1n) is 12.8. The van der Waals surface area contributed by atoms with E-state index in [4.69, 9.17) is 10.7 Å². The summed E-state index contributed by atoms with van der Waals surface area (Å²) in [6.07, 6.45) is 6.68. The van der Waals surface area contributed by atoms with Crippen LogP contribution in [0.1, 0.15) is 45.8 Å². The van der Waals surface area contributed by atoms with E-state index < -0.39 is 11.9 Å². The lowest BCUT2D eigenvalue weighted by molar-refractivity contribution is 0.0940. The summed E-state index contributed by atoms with van der Waals surface area (Å²) in [6, 6.07) is 13.9. The van der Waals surface area contributed by atoms with Crippen molar-refractivity contribution in [2.75, 3.05) is 5.73 Å². The van der Waals surface area contributed by atoms with E-state index in [1.165, 1.54) is 9.08 Å². The summed E-state index contributed by atoms with van der Waals surface area (Å²) < 4.78 is 4.62. The molecule has 11 nitrogen and oxygen atoms in total. The number of carbonyl (C=O) groups is 1. The van der Waals surface area contributed by atoms with Gasteiger partial charge in [-0.3, -0.25) is 18.8 Å². The number of carbonyl (C=O) groups excluding carboxylic acids is 1. The number of nitrogens with zero attached hydrogens (tertiary/aromatic N) is 7. The third kappa shape index (κ3) is 4.68. The van der Waals surface area contributed by atoms with Crippen molar-refractivity contribution in [2.24, 2.45) is 7.05 Å². The van der Waals surface area contributed by atoms with Gasteiger partial charge < -0.3 is 11.1 Å². The minimum absolute atomic E-state index is 0.0487. The van der Waals surface area contributed by atoms with Crippen molar-refractivity contribution in [1.29, 1.82) is 0 Å². The number of aryl methyl sites for hydroxylation is 2. The van der Waals surface area contributed by atoms with Crippen LogP contribution >= 0.6 is 0 Å². The van der Waals surface area contributed by atoms with Crippen LogP contribution in [0.2, 0.25) is 0 Å². The molecule has 0 saturated carbocycles. The second-order valence-corrected chi connectivity index (χ2v) is 9.64. The van der Waals surface area contributed by atoms with Crippen LogP contribution in [0.15, 0.2) is 78.1 Å². The lowest BCUT2D eigenvalue weighted by Crippen LogP contribution is -2.33. The summed E-state index contributed by atoms with van der Waals surface area (Å²) in [7, 11) is 1.81. The summed E-state index contributed by atoms with van der Waals surface area (Å²) in [5, 5.41) is 11.6. The number of aromatic nitrogens is 7. The van der Waals surface area contributed by atoms with Gasteiger partial charge in [-0.05, 0) is 44.2 Å². The van der Waals surface area contributed by atoms with Gasteiger partial charge >= 0.3 is 0 Å². The Kier molecular flexibility index (Phi) is 6.28. The lowest BCUT2D eigenvalue weighted by Gasteiger charge is -2.20. The molecule has 6 rings (SSSR count). The molecular formula is C30H25N9O2. The van der Waals surface area contributed by atoms with E-state index in [9.17, 15) is 9.59 Å². The van der Waals surface area contributed by atoms with E-state index in [0.29, 0.717) is 33.6 Å². The predicted octanol–water partition coefficient (Wildman–Crippen LogP) is 2.94. The summed E-state index contributed by atoms with van der Waals surface area (Å²) in [5.74, 6) is 6.10. The zero-order valence-electron chi connectivity index (χ0n) is 22.5. The number of fused-ring (bicyclic) bond motifs is 2. The minimum Gasteiger partial charge on any atom is -0.381 e. The van der Waals surface area contributed by atoms with Gasteiger partial charge in [0.15, 0.2) is 11.5 Å². The van der Waals surface area contributed by atoms with E-state index in [1.54, 1.807) is 60.7 Å². The van der Waals surface area contributed by atoms with Crippen LogP contribution < -0.4 is 16.6 Å². The molecule has 3 N–H and O–H groups in total. The number of anilines is 1. The van der Waals surface area contributed by atoms with Crippen molar-refractivity contribution in [3.05, 3.63) is 112 Å². The number of nitrogens with one attached hydrogen (secondary N) is 1. The van der Waals surface area contributed by atoms with E-state index in [1.807, 2.05) is 38.2 Å². The molecule has 0 aliphatic heterocycles. The molecule has 4 aromatic heterocycles. The van der Waals surface area contributed by atoms with Crippen molar-refractivity contribution in [1.82, 2.24) is 39.2 Å². The van der Waals surface area contributed by atoms with Crippen molar-refractivity contribution in [2.45, 2.75) is 19.9 Å². The normalized spacial score (nSPS) is 11.8. The van der Waals surface area contributed by atoms with Gasteiger partial charge in [0.25, 0.3) is 11.5 Å². The van der Waals surface area contributed by atoms with Crippen LogP contribution in [0.25, 0.3) is 22.2 Å². The molecule has 6 aromatic rings. The number of benzene rings is 2. The molecule has 41 heavy (non-hydrogen) atoms. The Morgan fingerprint density at radius 2 is 1.90 bits per heavy atom. The standard InChI is InChI=1S/C30H25N9O2/c1-18-8-12-22(13-9-18)39-27(19(2)34-29(40)25-26(31)36-38-15-5-14-32-28(25)38)35-23-7-4-6-21(24(23)30(39)41)11-10-20-16-33-37(3)17-20/h4-9,12-17,19H,1-3H3,(H2,31,36)(H,34,40). The van der Waals surface area contributed by atoms with E-state index in [0.717, 1.165) is 11.1 Å². The van der Waals surface area contributed by atoms with E-state index in [2.05, 4.69) is 32.3 Å². The number of nitrogens with two attached hydrogens (primary N) is 1. The fraction of sp³-hybridized carbons (Fsp3) is 0.133. The van der Waals surface area contributed by atoms with E-state index in [-0.39, 0.29) is 16.9 Å². The monoisotopic (exact) mass is 543 g/mol. The molecule has 1 unspecified atom stereocenters. The van der Waals surface area contributed by atoms with Crippen LogP contribution in [0.3, 0.4) is 0 Å². The van der Waals surface area contributed by atoms with Crippen LogP contribution in [0.4, 0.5) is 5.82 Å². The van der Waals surface area contributed by atoms with Gasteiger partial charge in [-0.1, -0.05) is 35.6 Å². The summed E-state index contributed by atoms with van der Waals surface area (Å²) >= 11 is 0. The molecule has 0 saturated heterocycles. The molecule has 202 valence electrons. The molecular weight excluding hydrogens is 518 g/mol. The number of nitrogen functional groups attached to an aromatic ring is 1. The highest BCUT2D eigenvalue weighted by atomic mass is 16.2. The number of amides is 1. The quantitative estimate of drug-likeness (QED) is 0.326. The van der Waals surface area contributed by atoms with Crippen LogP contribution in [0.5, 0.6) is 0 Å². The smallest absolute Gasteiger partial charge is 0.267 e. The average Bonchev–Trinajstić information content (AvgIpc) is 3.53. The molecule has 0 spiro atoms. The van der Waals surface area contributed by atoms with Gasteiger partial charge in [0.05, 0.1) is 34.4 Å². The third-order valence-electron chi connectivity index (χ3n) is 6.65. The van der Waals surface area contributed by atoms with Crippen LogP contribution in [0, 0.1) is 18.8 Å². The Morgan fingerprint density at radius 1 is 1.10 bits per heavy atom. The Bertz CT molecular complexity index is 2080. The maximum atomic E-state index is 14.2. The average molecular weight is 544 g/mol. The molecule has 0 fully saturated rings. The first kappa shape index (κ1) is 25.5. The molecule has 0 aliphatic carbocycles. The van der Waals surface area contributed by atoms with Gasteiger partial charge in [0.2, 0.25) is 0 Å². The fourth-order valence-corrected chi connectivity index (χ4v) is 4.67. The molecule has 4 heterocycles. The number of hydrogen-bond donors (Lipinski definition) is 2. The zero-order valence-corrected chi connectivity index (χ0v) is 22.5. The van der Waals surface area contributed by atoms with Crippen LogP contribution in [-0.2, 0) is 7.05 Å². The van der Waals surface area contributed by atoms with Crippen LogP contribution in [-0.4, -0.2) is 39.8 Å². The highest BCUT2D eigenvalue weighted by molar-refractivity contribution is 6.04. The highest BCUT2D eigenvalue weighted by Crippen LogP contribution is 2.22. The van der Waals surface area contributed by atoms with Gasteiger partial charge in [-0.15, -0.1) is 5.10 Å². The van der Waals surface area contributed by atoms with Gasteiger partial charge in [0.1, 0.15) is 11.4 Å². The Morgan fingerprint density at radius 3 is 2.66 bits per heavy atom. The number of hydrogen-bond acceptors (Lipinski definition) is 7. The summed E-state index contributed by atoms with van der Waals surface area (Å²) in [4.78, 5) is 36.7. The molecule has 1 amide bonds. The molecule has 0 aliphatic rings. The summed E-state index contributed by atoms with van der Waals surface area (Å²) in [5.41, 5.74) is 9.62. The lowest BCUT2D eigenvalue weighted by atomic mass is 10.1. The van der Waals surface area contributed by atoms with E-state index >= 15 is 0 Å². The minimum atomic E-state index is -0.691. The Balaban J connectivity index is 1.49. The second-order valence-electron chi connectivity index (χ2n) is 9.64. The molecule has 0 radical (unpaired) electrons.